The first-order valence-electron chi connectivity index (χ1n) is 7.12. The Morgan fingerprint density at radius 3 is 2.96 bits per heavy atom. The van der Waals surface area contributed by atoms with E-state index < -0.39 is 4.92 Å². The van der Waals surface area contributed by atoms with E-state index in [-0.39, 0.29) is 11.6 Å². The van der Waals surface area contributed by atoms with Crippen LogP contribution in [0.2, 0.25) is 0 Å². The van der Waals surface area contributed by atoms with Crippen molar-refractivity contribution in [1.82, 2.24) is 21.0 Å². The van der Waals surface area contributed by atoms with E-state index in [2.05, 4.69) is 27.6 Å². The van der Waals surface area contributed by atoms with Crippen molar-refractivity contribution in [3.63, 3.8) is 0 Å². The first-order chi connectivity index (χ1) is 11.1. The highest BCUT2D eigenvalue weighted by atomic mass is 16.6. The maximum atomic E-state index is 12.2. The van der Waals surface area contributed by atoms with Gasteiger partial charge >= 0.3 is 0 Å². The monoisotopic (exact) mass is 313 g/mol. The van der Waals surface area contributed by atoms with Gasteiger partial charge in [-0.15, -0.1) is 0 Å². The first-order valence-corrected chi connectivity index (χ1v) is 7.12. The maximum absolute atomic E-state index is 12.2. The van der Waals surface area contributed by atoms with Gasteiger partial charge in [0.25, 0.3) is 11.6 Å². The fourth-order valence-electron chi connectivity index (χ4n) is 2.58. The molecule has 1 aliphatic rings. The highest BCUT2D eigenvalue weighted by Crippen LogP contribution is 2.22. The summed E-state index contributed by atoms with van der Waals surface area (Å²) in [6.07, 6.45) is 2.75. The average molecular weight is 313 g/mol. The number of rotatable bonds is 5. The maximum Gasteiger partial charge on any atom is 0.290 e. The highest BCUT2D eigenvalue weighted by molar-refractivity contribution is 5.94. The topological polar surface area (TPSA) is 113 Å². The lowest BCUT2D eigenvalue weighted by Gasteiger charge is -2.10. The van der Waals surface area contributed by atoms with Gasteiger partial charge in [0.1, 0.15) is 0 Å². The number of nitrogens with zero attached hydrogens (tertiary/aromatic N) is 2. The summed E-state index contributed by atoms with van der Waals surface area (Å²) in [6.45, 7) is 3.77. The van der Waals surface area contributed by atoms with Gasteiger partial charge in [-0.1, -0.05) is 18.7 Å². The zero-order valence-electron chi connectivity index (χ0n) is 12.3. The number of carbonyl (C=O) groups excluding carboxylic acids is 1. The van der Waals surface area contributed by atoms with Crippen LogP contribution in [0, 0.1) is 10.1 Å². The Morgan fingerprint density at radius 1 is 1.35 bits per heavy atom. The highest BCUT2D eigenvalue weighted by Gasteiger charge is 2.23. The van der Waals surface area contributed by atoms with Crippen molar-refractivity contribution < 1.29 is 9.72 Å². The van der Waals surface area contributed by atoms with Gasteiger partial charge < -0.3 is 0 Å². The second-order valence-electron chi connectivity index (χ2n) is 5.25. The third kappa shape index (κ3) is 2.91. The fourth-order valence-corrected chi connectivity index (χ4v) is 2.58. The number of nitro benzene ring substituents is 1. The molecule has 0 unspecified atom stereocenters. The van der Waals surface area contributed by atoms with Gasteiger partial charge in [-0.25, -0.2) is 0 Å². The van der Waals surface area contributed by atoms with Crippen LogP contribution in [0.3, 0.4) is 0 Å². The molecule has 1 aromatic heterocycles. The number of fused-ring (bicyclic) bond motifs is 1. The molecule has 8 nitrogen and oxygen atoms in total. The molecular formula is C15H15N5O3. The number of benzene rings is 1. The Bertz CT molecular complexity index is 796. The number of aryl methyl sites for hydroxylation is 1. The van der Waals surface area contributed by atoms with Gasteiger partial charge in [0.2, 0.25) is 0 Å². The summed E-state index contributed by atoms with van der Waals surface area (Å²) in [6, 6.07) is 6.00. The molecule has 8 heteroatoms. The SMILES string of the molecule is C=C(NNC(=O)c1n[nH]c2c1CCC2)c1cccc([N+](=O)[O-])c1. The number of non-ortho nitro benzene ring substituents is 1. The lowest BCUT2D eigenvalue weighted by molar-refractivity contribution is -0.384. The van der Waals surface area contributed by atoms with Crippen molar-refractivity contribution in [3.05, 3.63) is 63.5 Å². The summed E-state index contributed by atoms with van der Waals surface area (Å²) in [7, 11) is 0. The second-order valence-corrected chi connectivity index (χ2v) is 5.25. The van der Waals surface area contributed by atoms with Crippen LogP contribution >= 0.6 is 0 Å². The number of carbonyl (C=O) groups is 1. The Kier molecular flexibility index (Phi) is 3.80. The van der Waals surface area contributed by atoms with Crippen LogP contribution in [0.25, 0.3) is 5.70 Å². The molecular weight excluding hydrogens is 298 g/mol. The molecule has 1 aliphatic carbocycles. The van der Waals surface area contributed by atoms with Crippen molar-refractivity contribution >= 4 is 17.3 Å². The molecule has 0 saturated carbocycles. The third-order valence-corrected chi connectivity index (χ3v) is 3.75. The van der Waals surface area contributed by atoms with E-state index in [0.717, 1.165) is 30.5 Å². The van der Waals surface area contributed by atoms with Crippen LogP contribution in [-0.2, 0) is 12.8 Å². The largest absolute Gasteiger partial charge is 0.298 e. The van der Waals surface area contributed by atoms with E-state index in [1.165, 1.54) is 12.1 Å². The second kappa shape index (κ2) is 5.91. The Morgan fingerprint density at radius 2 is 2.17 bits per heavy atom. The number of nitrogens with one attached hydrogen (secondary N) is 3. The molecule has 0 radical (unpaired) electrons. The predicted octanol–water partition coefficient (Wildman–Crippen LogP) is 1.71. The summed E-state index contributed by atoms with van der Waals surface area (Å²) in [5, 5.41) is 17.7. The van der Waals surface area contributed by atoms with Crippen LogP contribution in [0.15, 0.2) is 30.8 Å². The van der Waals surface area contributed by atoms with Crippen LogP contribution in [-0.4, -0.2) is 21.0 Å². The standard InChI is InChI=1S/C15H15N5O3/c1-9(10-4-2-5-11(8-10)20(22)23)16-19-15(21)14-12-6-3-7-13(12)17-18-14/h2,4-5,8,16H,1,3,6-7H2,(H,17,18)(H,19,21). The summed E-state index contributed by atoms with van der Waals surface area (Å²) < 4.78 is 0. The molecule has 3 rings (SSSR count). The van der Waals surface area contributed by atoms with Crippen molar-refractivity contribution in [2.45, 2.75) is 19.3 Å². The molecule has 0 bridgehead atoms. The molecule has 0 saturated heterocycles. The number of hydrazine groups is 1. The zero-order valence-corrected chi connectivity index (χ0v) is 12.3. The van der Waals surface area contributed by atoms with E-state index in [1.54, 1.807) is 12.1 Å². The molecule has 3 N–H and O–H groups in total. The minimum Gasteiger partial charge on any atom is -0.298 e. The number of nitro groups is 1. The molecule has 118 valence electrons. The molecule has 0 fully saturated rings. The lowest BCUT2D eigenvalue weighted by atomic mass is 10.1. The Labute approximate surface area is 131 Å². The van der Waals surface area contributed by atoms with Gasteiger partial charge in [0.05, 0.1) is 10.6 Å². The normalized spacial score (nSPS) is 12.5. The summed E-state index contributed by atoms with van der Waals surface area (Å²) in [4.78, 5) is 22.5. The van der Waals surface area contributed by atoms with Gasteiger partial charge in [-0.3, -0.25) is 30.9 Å². The lowest BCUT2D eigenvalue weighted by Crippen LogP contribution is -2.36. The number of amides is 1. The van der Waals surface area contributed by atoms with E-state index in [9.17, 15) is 14.9 Å². The third-order valence-electron chi connectivity index (χ3n) is 3.75. The molecule has 23 heavy (non-hydrogen) atoms. The van der Waals surface area contributed by atoms with E-state index >= 15 is 0 Å². The average Bonchev–Trinajstić information content (AvgIpc) is 3.15. The van der Waals surface area contributed by atoms with Crippen molar-refractivity contribution in [3.8, 4) is 0 Å². The number of hydrogen-bond donors (Lipinski definition) is 3. The van der Waals surface area contributed by atoms with Gasteiger partial charge in [-0.2, -0.15) is 5.10 Å². The summed E-state index contributed by atoms with van der Waals surface area (Å²) in [5.74, 6) is -0.365. The summed E-state index contributed by atoms with van der Waals surface area (Å²) >= 11 is 0. The molecule has 0 aliphatic heterocycles. The van der Waals surface area contributed by atoms with Crippen molar-refractivity contribution in [2.24, 2.45) is 0 Å². The van der Waals surface area contributed by atoms with E-state index in [4.69, 9.17) is 0 Å². The van der Waals surface area contributed by atoms with E-state index in [1.807, 2.05) is 0 Å². The van der Waals surface area contributed by atoms with Gasteiger partial charge in [0.15, 0.2) is 5.69 Å². The summed E-state index contributed by atoms with van der Waals surface area (Å²) in [5.41, 5.74) is 8.36. The molecule has 1 amide bonds. The van der Waals surface area contributed by atoms with Crippen LogP contribution < -0.4 is 10.9 Å². The number of H-pyrrole nitrogens is 1. The quantitative estimate of drug-likeness (QED) is 0.574. The number of aromatic amines is 1. The Balaban J connectivity index is 1.66. The van der Waals surface area contributed by atoms with Gasteiger partial charge in [0, 0.05) is 29.0 Å². The minimum absolute atomic E-state index is 0.0399. The van der Waals surface area contributed by atoms with Crippen molar-refractivity contribution in [1.29, 1.82) is 0 Å². The zero-order chi connectivity index (χ0) is 16.4. The van der Waals surface area contributed by atoms with Crippen LogP contribution in [0.1, 0.15) is 33.7 Å². The first kappa shape index (κ1) is 14.8. The van der Waals surface area contributed by atoms with Crippen LogP contribution in [0.4, 0.5) is 5.69 Å². The smallest absolute Gasteiger partial charge is 0.290 e. The predicted molar refractivity (Wildman–Crippen MR) is 83.3 cm³/mol. The molecule has 1 heterocycles. The Hall–Kier alpha value is -3.16. The molecule has 0 spiro atoms. The number of hydrogen-bond acceptors (Lipinski definition) is 5. The fraction of sp³-hybridized carbons (Fsp3) is 0.200. The molecule has 2 aromatic rings. The van der Waals surface area contributed by atoms with Crippen LogP contribution in [0.5, 0.6) is 0 Å². The van der Waals surface area contributed by atoms with Gasteiger partial charge in [-0.05, 0) is 19.3 Å². The van der Waals surface area contributed by atoms with Crippen molar-refractivity contribution in [2.75, 3.05) is 0 Å². The number of aromatic nitrogens is 2. The minimum atomic E-state index is -0.484. The molecule has 1 aromatic carbocycles. The molecule has 0 atom stereocenters. The van der Waals surface area contributed by atoms with E-state index in [0.29, 0.717) is 17.0 Å².